The van der Waals surface area contributed by atoms with Crippen LogP contribution < -0.4 is 14.2 Å². The van der Waals surface area contributed by atoms with Crippen molar-refractivity contribution in [2.24, 2.45) is 0 Å². The van der Waals surface area contributed by atoms with E-state index >= 15 is 0 Å². The zero-order valence-corrected chi connectivity index (χ0v) is 14.5. The molecule has 1 aromatic rings. The van der Waals surface area contributed by atoms with E-state index in [2.05, 4.69) is 6.58 Å². The fourth-order valence-corrected chi connectivity index (χ4v) is 2.49. The predicted molar refractivity (Wildman–Crippen MR) is 91.5 cm³/mol. The summed E-state index contributed by atoms with van der Waals surface area (Å²) in [6.45, 7) is 5.95. The van der Waals surface area contributed by atoms with Gasteiger partial charge in [0.25, 0.3) is 0 Å². The molecule has 2 rings (SSSR count). The molecular weight excluding hydrogens is 308 g/mol. The molecule has 0 atom stereocenters. The van der Waals surface area contributed by atoms with E-state index in [0.29, 0.717) is 35.0 Å². The highest BCUT2D eigenvalue weighted by molar-refractivity contribution is 5.75. The Bertz CT molecular complexity index is 687. The van der Waals surface area contributed by atoms with Gasteiger partial charge in [0, 0.05) is 0 Å². The molecular formula is C19H22O5. The second kappa shape index (κ2) is 7.73. The zero-order valence-electron chi connectivity index (χ0n) is 14.5. The van der Waals surface area contributed by atoms with Crippen molar-refractivity contribution in [1.82, 2.24) is 0 Å². The largest absolute Gasteiger partial charge is 0.493 e. The Balaban J connectivity index is 2.16. The fraction of sp³-hybridized carbons (Fsp3) is 0.316. The molecule has 0 saturated carbocycles. The molecule has 0 radical (unpaired) electrons. The zero-order chi connectivity index (χ0) is 17.7. The van der Waals surface area contributed by atoms with Gasteiger partial charge in [0.15, 0.2) is 11.5 Å². The molecule has 5 nitrogen and oxygen atoms in total. The molecule has 0 spiro atoms. The Morgan fingerprint density at radius 1 is 1.08 bits per heavy atom. The molecule has 1 aliphatic carbocycles. The third kappa shape index (κ3) is 3.98. The first-order valence-electron chi connectivity index (χ1n) is 7.53. The molecule has 0 aromatic heterocycles. The summed E-state index contributed by atoms with van der Waals surface area (Å²) in [5.41, 5.74) is 2.70. The lowest BCUT2D eigenvalue weighted by molar-refractivity contribution is -0.138. The molecule has 0 fully saturated rings. The normalized spacial score (nSPS) is 13.8. The summed E-state index contributed by atoms with van der Waals surface area (Å²) in [7, 11) is 4.60. The highest BCUT2D eigenvalue weighted by Gasteiger charge is 2.17. The van der Waals surface area contributed by atoms with Crippen LogP contribution in [0.2, 0.25) is 0 Å². The van der Waals surface area contributed by atoms with Crippen molar-refractivity contribution < 1.29 is 23.7 Å². The molecule has 5 heteroatoms. The number of methoxy groups -OCH3 is 3. The van der Waals surface area contributed by atoms with Gasteiger partial charge in [-0.2, -0.15) is 0 Å². The summed E-state index contributed by atoms with van der Waals surface area (Å²) in [4.78, 5) is 12.2. The van der Waals surface area contributed by atoms with Crippen LogP contribution in [0.5, 0.6) is 17.2 Å². The summed E-state index contributed by atoms with van der Waals surface area (Å²) >= 11 is 0. The van der Waals surface area contributed by atoms with Crippen LogP contribution in [0, 0.1) is 0 Å². The van der Waals surface area contributed by atoms with Gasteiger partial charge in [0.05, 0.1) is 27.8 Å². The van der Waals surface area contributed by atoms with Gasteiger partial charge in [0.2, 0.25) is 5.75 Å². The number of rotatable bonds is 6. The van der Waals surface area contributed by atoms with Crippen molar-refractivity contribution in [3.63, 3.8) is 0 Å². The minimum Gasteiger partial charge on any atom is -0.493 e. The maximum atomic E-state index is 12.2. The maximum absolute atomic E-state index is 12.2. The van der Waals surface area contributed by atoms with E-state index in [1.54, 1.807) is 18.2 Å². The van der Waals surface area contributed by atoms with E-state index in [1.807, 2.05) is 13.0 Å². The number of carbonyl (C=O) groups is 1. The van der Waals surface area contributed by atoms with Gasteiger partial charge in [-0.15, -0.1) is 0 Å². The van der Waals surface area contributed by atoms with Crippen molar-refractivity contribution in [1.29, 1.82) is 0 Å². The number of allylic oxidation sites excluding steroid dienone is 4. The molecule has 128 valence electrons. The average molecular weight is 330 g/mol. The van der Waals surface area contributed by atoms with Gasteiger partial charge in [-0.3, -0.25) is 4.79 Å². The second-order valence-corrected chi connectivity index (χ2v) is 5.51. The van der Waals surface area contributed by atoms with Crippen LogP contribution in [0.3, 0.4) is 0 Å². The SMILES string of the molecule is C=C1CC(C)=CC=C1OC(=O)Cc1cc(OC)c(OC)c(OC)c1. The van der Waals surface area contributed by atoms with E-state index in [1.165, 1.54) is 26.9 Å². The van der Waals surface area contributed by atoms with Gasteiger partial charge in [-0.1, -0.05) is 18.2 Å². The smallest absolute Gasteiger partial charge is 0.315 e. The molecule has 0 N–H and O–H groups in total. The van der Waals surface area contributed by atoms with E-state index in [-0.39, 0.29) is 12.4 Å². The van der Waals surface area contributed by atoms with E-state index < -0.39 is 0 Å². The molecule has 0 aliphatic heterocycles. The topological polar surface area (TPSA) is 54.0 Å². The van der Waals surface area contributed by atoms with E-state index in [4.69, 9.17) is 18.9 Å². The molecule has 1 aromatic carbocycles. The van der Waals surface area contributed by atoms with Crippen molar-refractivity contribution >= 4 is 5.97 Å². The standard InChI is InChI=1S/C19H22O5/c1-12-6-7-15(13(2)8-12)24-18(20)11-14-9-16(21-3)19(23-5)17(10-14)22-4/h6-7,9-10H,2,8,11H2,1,3-5H3. The minimum atomic E-state index is -0.371. The highest BCUT2D eigenvalue weighted by Crippen LogP contribution is 2.38. The number of carbonyl (C=O) groups excluding carboxylic acids is 1. The van der Waals surface area contributed by atoms with Crippen LogP contribution in [0.15, 0.2) is 47.8 Å². The third-order valence-electron chi connectivity index (χ3n) is 3.66. The molecule has 0 amide bonds. The van der Waals surface area contributed by atoms with Crippen molar-refractivity contribution in [2.75, 3.05) is 21.3 Å². The maximum Gasteiger partial charge on any atom is 0.315 e. The Morgan fingerprint density at radius 2 is 1.71 bits per heavy atom. The van der Waals surface area contributed by atoms with Gasteiger partial charge < -0.3 is 18.9 Å². The Morgan fingerprint density at radius 3 is 2.21 bits per heavy atom. The Labute approximate surface area is 142 Å². The minimum absolute atomic E-state index is 0.0873. The summed E-state index contributed by atoms with van der Waals surface area (Å²) in [5.74, 6) is 1.63. The summed E-state index contributed by atoms with van der Waals surface area (Å²) < 4.78 is 21.3. The molecule has 24 heavy (non-hydrogen) atoms. The number of benzene rings is 1. The Hall–Kier alpha value is -2.69. The van der Waals surface area contributed by atoms with Crippen molar-refractivity contribution in [2.45, 2.75) is 19.8 Å². The van der Waals surface area contributed by atoms with Crippen LogP contribution in [0.25, 0.3) is 0 Å². The predicted octanol–water partition coefficient (Wildman–Crippen LogP) is 3.59. The number of ether oxygens (including phenoxy) is 4. The van der Waals surface area contributed by atoms with Crippen LogP contribution in [-0.4, -0.2) is 27.3 Å². The Kier molecular flexibility index (Phi) is 5.68. The van der Waals surface area contributed by atoms with Crippen LogP contribution in [0.1, 0.15) is 18.9 Å². The third-order valence-corrected chi connectivity index (χ3v) is 3.66. The quantitative estimate of drug-likeness (QED) is 0.746. The summed E-state index contributed by atoms with van der Waals surface area (Å²) in [5, 5.41) is 0. The van der Waals surface area contributed by atoms with Gasteiger partial charge in [-0.05, 0) is 42.7 Å². The monoisotopic (exact) mass is 330 g/mol. The summed E-state index contributed by atoms with van der Waals surface area (Å²) in [6.07, 6.45) is 4.50. The van der Waals surface area contributed by atoms with Crippen LogP contribution >= 0.6 is 0 Å². The van der Waals surface area contributed by atoms with Gasteiger partial charge in [-0.25, -0.2) is 0 Å². The number of hydrogen-bond acceptors (Lipinski definition) is 5. The molecule has 0 saturated heterocycles. The lowest BCUT2D eigenvalue weighted by Crippen LogP contribution is -2.11. The van der Waals surface area contributed by atoms with Gasteiger partial charge in [0.1, 0.15) is 5.76 Å². The van der Waals surface area contributed by atoms with Crippen molar-refractivity contribution in [3.05, 3.63) is 53.3 Å². The van der Waals surface area contributed by atoms with Crippen LogP contribution in [0.4, 0.5) is 0 Å². The molecule has 0 bridgehead atoms. The van der Waals surface area contributed by atoms with E-state index in [0.717, 1.165) is 5.57 Å². The summed E-state index contributed by atoms with van der Waals surface area (Å²) in [6, 6.07) is 3.47. The fourth-order valence-electron chi connectivity index (χ4n) is 2.49. The molecule has 0 unspecified atom stereocenters. The van der Waals surface area contributed by atoms with E-state index in [9.17, 15) is 4.79 Å². The first kappa shape index (κ1) is 17.7. The van der Waals surface area contributed by atoms with Crippen molar-refractivity contribution in [3.8, 4) is 17.2 Å². The molecule has 0 heterocycles. The van der Waals surface area contributed by atoms with Gasteiger partial charge >= 0.3 is 5.97 Å². The number of esters is 1. The van der Waals surface area contributed by atoms with Crippen LogP contribution in [-0.2, 0) is 16.0 Å². The molecule has 1 aliphatic rings. The second-order valence-electron chi connectivity index (χ2n) is 5.51. The highest BCUT2D eigenvalue weighted by atomic mass is 16.5. The first-order chi connectivity index (χ1) is 11.5. The lowest BCUT2D eigenvalue weighted by atomic mass is 10.0. The average Bonchev–Trinajstić information content (AvgIpc) is 2.56. The lowest BCUT2D eigenvalue weighted by Gasteiger charge is -2.16. The first-order valence-corrected chi connectivity index (χ1v) is 7.53. The number of hydrogen-bond donors (Lipinski definition) is 0.